The van der Waals surface area contributed by atoms with Crippen LogP contribution in [-0.4, -0.2) is 5.11 Å². The van der Waals surface area contributed by atoms with Gasteiger partial charge in [-0.15, -0.1) is 0 Å². The Labute approximate surface area is 125 Å². The number of aryl methyl sites for hydroxylation is 2. The van der Waals surface area contributed by atoms with E-state index in [1.54, 1.807) is 12.1 Å². The second-order valence-corrected chi connectivity index (χ2v) is 6.14. The summed E-state index contributed by atoms with van der Waals surface area (Å²) in [5.41, 5.74) is 3.39. The normalized spacial score (nSPS) is 21.7. The fourth-order valence-electron chi connectivity index (χ4n) is 3.42. The summed E-state index contributed by atoms with van der Waals surface area (Å²) in [6.07, 6.45) is 4.48. The van der Waals surface area contributed by atoms with Crippen LogP contribution in [0.3, 0.4) is 0 Å². The Morgan fingerprint density at radius 3 is 2.76 bits per heavy atom. The molecule has 1 aliphatic rings. The van der Waals surface area contributed by atoms with Crippen molar-refractivity contribution in [2.75, 3.05) is 0 Å². The molecule has 3 rings (SSSR count). The van der Waals surface area contributed by atoms with Crippen LogP contribution >= 0.6 is 0 Å². The third-order valence-electron chi connectivity index (χ3n) is 4.59. The zero-order chi connectivity index (χ0) is 14.9. The molecule has 21 heavy (non-hydrogen) atoms. The molecule has 0 bridgehead atoms. The molecule has 1 atom stereocenters. The van der Waals surface area contributed by atoms with Crippen molar-refractivity contribution in [2.24, 2.45) is 0 Å². The zero-order valence-corrected chi connectivity index (χ0v) is 12.4. The van der Waals surface area contributed by atoms with Gasteiger partial charge in [-0.1, -0.05) is 30.3 Å². The largest absolute Gasteiger partial charge is 0.385 e. The van der Waals surface area contributed by atoms with Gasteiger partial charge in [-0.25, -0.2) is 4.39 Å². The van der Waals surface area contributed by atoms with Gasteiger partial charge in [0.15, 0.2) is 0 Å². The Balaban J connectivity index is 2.00. The number of benzene rings is 2. The molecule has 0 fully saturated rings. The molecule has 0 aliphatic heterocycles. The third kappa shape index (κ3) is 2.86. The van der Waals surface area contributed by atoms with Crippen molar-refractivity contribution >= 4 is 0 Å². The molecule has 0 amide bonds. The first kappa shape index (κ1) is 14.3. The Bertz CT molecular complexity index is 650. The molecule has 1 aliphatic carbocycles. The van der Waals surface area contributed by atoms with E-state index in [2.05, 4.69) is 6.07 Å². The van der Waals surface area contributed by atoms with Crippen molar-refractivity contribution in [1.82, 2.24) is 0 Å². The smallest absolute Gasteiger partial charge is 0.123 e. The molecule has 110 valence electrons. The molecule has 1 unspecified atom stereocenters. The van der Waals surface area contributed by atoms with E-state index >= 15 is 0 Å². The molecular formula is C19H21FO. The van der Waals surface area contributed by atoms with Crippen LogP contribution in [0.4, 0.5) is 4.39 Å². The van der Waals surface area contributed by atoms with Crippen molar-refractivity contribution < 1.29 is 9.50 Å². The minimum atomic E-state index is -0.838. The fraction of sp³-hybridized carbons (Fsp3) is 0.368. The van der Waals surface area contributed by atoms with Gasteiger partial charge in [0.25, 0.3) is 0 Å². The van der Waals surface area contributed by atoms with Gasteiger partial charge < -0.3 is 5.11 Å². The highest BCUT2D eigenvalue weighted by molar-refractivity contribution is 5.37. The van der Waals surface area contributed by atoms with E-state index in [-0.39, 0.29) is 5.82 Å². The van der Waals surface area contributed by atoms with Crippen LogP contribution in [0.1, 0.15) is 41.5 Å². The molecule has 0 radical (unpaired) electrons. The highest BCUT2D eigenvalue weighted by Crippen LogP contribution is 2.37. The Morgan fingerprint density at radius 1 is 1.14 bits per heavy atom. The summed E-state index contributed by atoms with van der Waals surface area (Å²) in [7, 11) is 0. The van der Waals surface area contributed by atoms with Crippen LogP contribution in [0.5, 0.6) is 0 Å². The van der Waals surface area contributed by atoms with E-state index in [4.69, 9.17) is 0 Å². The minimum Gasteiger partial charge on any atom is -0.385 e. The van der Waals surface area contributed by atoms with Crippen LogP contribution in [-0.2, 0) is 18.4 Å². The molecule has 2 heteroatoms. The predicted molar refractivity (Wildman–Crippen MR) is 82.7 cm³/mol. The summed E-state index contributed by atoms with van der Waals surface area (Å²) in [6.45, 7) is 1.91. The molecule has 2 aromatic carbocycles. The van der Waals surface area contributed by atoms with E-state index in [1.807, 2.05) is 25.1 Å². The van der Waals surface area contributed by atoms with Crippen molar-refractivity contribution in [3.8, 4) is 0 Å². The minimum absolute atomic E-state index is 0.218. The SMILES string of the molecule is Cc1cc(F)ccc1CC1(O)CCCCc2ccccc21. The number of rotatable bonds is 2. The lowest BCUT2D eigenvalue weighted by molar-refractivity contribution is 0.0270. The predicted octanol–water partition coefficient (Wildman–Crippen LogP) is 4.29. The molecule has 0 heterocycles. The molecule has 2 aromatic rings. The summed E-state index contributed by atoms with van der Waals surface area (Å²) < 4.78 is 13.3. The van der Waals surface area contributed by atoms with Crippen molar-refractivity contribution in [2.45, 2.75) is 44.6 Å². The number of fused-ring (bicyclic) bond motifs is 1. The van der Waals surface area contributed by atoms with E-state index < -0.39 is 5.60 Å². The Kier molecular flexibility index (Phi) is 3.81. The van der Waals surface area contributed by atoms with Crippen LogP contribution in [0.25, 0.3) is 0 Å². The van der Waals surface area contributed by atoms with E-state index in [1.165, 1.54) is 11.6 Å². The third-order valence-corrected chi connectivity index (χ3v) is 4.59. The van der Waals surface area contributed by atoms with Crippen molar-refractivity contribution in [1.29, 1.82) is 0 Å². The first-order valence-electron chi connectivity index (χ1n) is 7.64. The van der Waals surface area contributed by atoms with E-state index in [0.29, 0.717) is 6.42 Å². The van der Waals surface area contributed by atoms with Gasteiger partial charge in [-0.05, 0) is 67.0 Å². The average Bonchev–Trinajstić information content (AvgIpc) is 2.63. The van der Waals surface area contributed by atoms with Crippen molar-refractivity contribution in [3.63, 3.8) is 0 Å². The van der Waals surface area contributed by atoms with Gasteiger partial charge in [-0.3, -0.25) is 0 Å². The van der Waals surface area contributed by atoms with E-state index in [0.717, 1.165) is 42.4 Å². The quantitative estimate of drug-likeness (QED) is 0.816. The summed E-state index contributed by atoms with van der Waals surface area (Å²) >= 11 is 0. The second kappa shape index (κ2) is 5.61. The molecular weight excluding hydrogens is 263 g/mol. The number of aliphatic hydroxyl groups is 1. The average molecular weight is 284 g/mol. The molecule has 0 saturated heterocycles. The summed E-state index contributed by atoms with van der Waals surface area (Å²) in [6, 6.07) is 13.0. The first-order valence-corrected chi connectivity index (χ1v) is 7.64. The van der Waals surface area contributed by atoms with E-state index in [9.17, 15) is 9.50 Å². The standard InChI is InChI=1S/C19H21FO/c1-14-12-17(20)10-9-16(14)13-19(21)11-5-4-7-15-6-2-3-8-18(15)19/h2-3,6,8-10,12,21H,4-5,7,11,13H2,1H3. The van der Waals surface area contributed by atoms with Crippen LogP contribution in [0, 0.1) is 12.7 Å². The summed E-state index contributed by atoms with van der Waals surface area (Å²) in [5, 5.41) is 11.3. The number of hydrogen-bond acceptors (Lipinski definition) is 1. The highest BCUT2D eigenvalue weighted by atomic mass is 19.1. The number of halogens is 1. The van der Waals surface area contributed by atoms with Crippen LogP contribution in [0.2, 0.25) is 0 Å². The molecule has 0 saturated carbocycles. The lowest BCUT2D eigenvalue weighted by Crippen LogP contribution is -2.29. The molecule has 1 nitrogen and oxygen atoms in total. The topological polar surface area (TPSA) is 20.2 Å². The van der Waals surface area contributed by atoms with Gasteiger partial charge in [0.05, 0.1) is 5.60 Å². The highest BCUT2D eigenvalue weighted by Gasteiger charge is 2.33. The Hall–Kier alpha value is -1.67. The lowest BCUT2D eigenvalue weighted by Gasteiger charge is -2.30. The summed E-state index contributed by atoms with van der Waals surface area (Å²) in [4.78, 5) is 0. The first-order chi connectivity index (χ1) is 10.1. The van der Waals surface area contributed by atoms with Gasteiger partial charge in [0.2, 0.25) is 0 Å². The van der Waals surface area contributed by atoms with Gasteiger partial charge in [0, 0.05) is 6.42 Å². The Morgan fingerprint density at radius 2 is 1.95 bits per heavy atom. The lowest BCUT2D eigenvalue weighted by atomic mass is 9.82. The van der Waals surface area contributed by atoms with Crippen molar-refractivity contribution in [3.05, 3.63) is 70.5 Å². The maximum atomic E-state index is 13.3. The summed E-state index contributed by atoms with van der Waals surface area (Å²) in [5.74, 6) is -0.218. The maximum Gasteiger partial charge on any atom is 0.123 e. The second-order valence-electron chi connectivity index (χ2n) is 6.14. The van der Waals surface area contributed by atoms with Crippen LogP contribution < -0.4 is 0 Å². The maximum absolute atomic E-state index is 13.3. The molecule has 0 aromatic heterocycles. The molecule has 1 N–H and O–H groups in total. The van der Waals surface area contributed by atoms with Gasteiger partial charge in [-0.2, -0.15) is 0 Å². The van der Waals surface area contributed by atoms with Crippen LogP contribution in [0.15, 0.2) is 42.5 Å². The van der Waals surface area contributed by atoms with Gasteiger partial charge >= 0.3 is 0 Å². The van der Waals surface area contributed by atoms with Gasteiger partial charge in [0.1, 0.15) is 5.82 Å². The number of hydrogen-bond donors (Lipinski definition) is 1. The molecule has 0 spiro atoms. The monoisotopic (exact) mass is 284 g/mol. The zero-order valence-electron chi connectivity index (χ0n) is 12.4. The fourth-order valence-corrected chi connectivity index (χ4v) is 3.42.